The van der Waals surface area contributed by atoms with Crippen LogP contribution in [-0.4, -0.2) is 140 Å². The fraction of sp³-hybridized carbons (Fsp3) is 0.443. The Hall–Kier alpha value is -8.87. The SMILES string of the molecule is CCCC1CCN(c2ccc(C3=CN4C(=O)c5cc(OC)c(OCCCOc6cc7c(cc6OC)C(=O)N6C=C(c8ccc(C(C)CC(=O)C(C)NC(=O)C(NC(=O)CCCCCN9C(=O)C=CC9=O)C(C)C)cc8)CC6C=N7)cc5N=CC4C3)cc2)CC1. The van der Waals surface area contributed by atoms with Crippen molar-refractivity contribution < 1.29 is 52.5 Å². The number of aliphatic imine (C=N–C) groups is 2. The summed E-state index contributed by atoms with van der Waals surface area (Å²) in [6.45, 7) is 12.5. The van der Waals surface area contributed by atoms with E-state index in [4.69, 9.17) is 28.9 Å². The van der Waals surface area contributed by atoms with E-state index in [1.807, 2.05) is 63.7 Å². The first-order chi connectivity index (χ1) is 43.0. The zero-order valence-electron chi connectivity index (χ0n) is 52.1. The van der Waals surface area contributed by atoms with Crippen LogP contribution in [0.5, 0.6) is 23.0 Å². The Morgan fingerprint density at radius 2 is 1.19 bits per heavy atom. The molecule has 19 nitrogen and oxygen atoms in total. The molecule has 5 unspecified atom stereocenters. The summed E-state index contributed by atoms with van der Waals surface area (Å²) >= 11 is 0. The fourth-order valence-electron chi connectivity index (χ4n) is 12.5. The van der Waals surface area contributed by atoms with Crippen LogP contribution < -0.4 is 34.5 Å². The number of methoxy groups -OCH3 is 2. The smallest absolute Gasteiger partial charge is 0.260 e. The molecular weight excluding hydrogens is 1130 g/mol. The van der Waals surface area contributed by atoms with E-state index in [1.54, 1.807) is 54.3 Å². The minimum absolute atomic E-state index is 0.146. The van der Waals surface area contributed by atoms with Gasteiger partial charge in [-0.05, 0) is 102 Å². The minimum atomic E-state index is -0.832. The van der Waals surface area contributed by atoms with Crippen LogP contribution in [0.3, 0.4) is 0 Å². The molecule has 6 aliphatic rings. The van der Waals surface area contributed by atoms with E-state index in [0.29, 0.717) is 90.6 Å². The molecule has 2 N–H and O–H groups in total. The maximum atomic E-state index is 14.2. The number of nitrogens with one attached hydrogen (secondary N) is 2. The topological polar surface area (TPSA) is 218 Å². The van der Waals surface area contributed by atoms with Crippen molar-refractivity contribution in [3.8, 4) is 23.0 Å². The minimum Gasteiger partial charge on any atom is -0.493 e. The number of Topliss-reactive ketones (excluding diaryl/α,β-unsaturated/α-hetero) is 1. The Morgan fingerprint density at radius 1 is 0.652 bits per heavy atom. The van der Waals surface area contributed by atoms with Crippen LogP contribution in [0.4, 0.5) is 17.1 Å². The standard InChI is InChI=1S/C70H82N8O11/c1-8-13-46-25-28-75(29-26-46)52-21-19-49(20-22-52)51-34-54-40-72-58-38-63(61(87-7)36-56(58)70(85)78(54)42-51)89-31-12-30-88-62-37-57-55(35-60(62)86-6)69(84)77-41-50(33-53(77)39-71-57)48-17-15-47(16-18-48)44(4)32-59(79)45(5)73-68(83)67(43(2)3)74-64(80)14-10-9-11-27-76-65(81)23-24-66(76)82/h15-24,35-46,53-54,67H,8-14,25-34H2,1-7H3,(H,73,83)(H,74,80). The zero-order chi connectivity index (χ0) is 62.9. The second-order valence-electron chi connectivity index (χ2n) is 24.4. The molecule has 0 radical (unpaired) electrons. The molecule has 0 bridgehead atoms. The number of rotatable bonds is 27. The van der Waals surface area contributed by atoms with Gasteiger partial charge in [0.25, 0.3) is 23.6 Å². The monoisotopic (exact) mass is 1210 g/mol. The molecule has 4 aromatic rings. The van der Waals surface area contributed by atoms with Crippen molar-refractivity contribution in [1.82, 2.24) is 25.3 Å². The van der Waals surface area contributed by atoms with E-state index in [1.165, 1.54) is 55.5 Å². The molecule has 5 atom stereocenters. The van der Waals surface area contributed by atoms with Crippen molar-refractivity contribution in [2.24, 2.45) is 21.8 Å². The van der Waals surface area contributed by atoms with Crippen LogP contribution in [0.15, 0.2) is 107 Å². The molecule has 1 fully saturated rings. The molecular formula is C70H82N8O11. The van der Waals surface area contributed by atoms with Crippen molar-refractivity contribution in [1.29, 1.82) is 0 Å². The second-order valence-corrected chi connectivity index (χ2v) is 24.4. The number of fused-ring (bicyclic) bond motifs is 4. The lowest BCUT2D eigenvalue weighted by atomic mass is 9.91. The van der Waals surface area contributed by atoms with Gasteiger partial charge in [-0.3, -0.25) is 48.4 Å². The van der Waals surface area contributed by atoms with Crippen LogP contribution in [0.2, 0.25) is 0 Å². The highest BCUT2D eigenvalue weighted by molar-refractivity contribution is 6.13. The van der Waals surface area contributed by atoms with Crippen molar-refractivity contribution in [2.75, 3.05) is 52.0 Å². The molecule has 0 saturated carbocycles. The average molecular weight is 1210 g/mol. The van der Waals surface area contributed by atoms with Gasteiger partial charge in [-0.1, -0.05) is 83.4 Å². The summed E-state index contributed by atoms with van der Waals surface area (Å²) in [5.41, 5.74) is 8.06. The number of nitrogens with zero attached hydrogens (tertiary/aromatic N) is 6. The lowest BCUT2D eigenvalue weighted by Crippen LogP contribution is -2.53. The maximum Gasteiger partial charge on any atom is 0.260 e. The van der Waals surface area contributed by atoms with E-state index in [-0.39, 0.29) is 85.3 Å². The van der Waals surface area contributed by atoms with Crippen LogP contribution in [-0.2, 0) is 24.0 Å². The molecule has 6 amide bonds. The molecule has 6 aliphatic heterocycles. The number of carbonyl (C=O) groups is 7. The van der Waals surface area contributed by atoms with Crippen molar-refractivity contribution >= 4 is 81.9 Å². The first-order valence-electron chi connectivity index (χ1n) is 31.5. The van der Waals surface area contributed by atoms with Gasteiger partial charge < -0.3 is 44.3 Å². The van der Waals surface area contributed by atoms with Crippen LogP contribution in [0, 0.1) is 11.8 Å². The molecule has 89 heavy (non-hydrogen) atoms. The summed E-state index contributed by atoms with van der Waals surface area (Å²) in [5, 5.41) is 5.63. The third kappa shape index (κ3) is 14.7. The Kier molecular flexibility index (Phi) is 20.2. The van der Waals surface area contributed by atoms with Gasteiger partial charge in [-0.25, -0.2) is 0 Å². The molecule has 4 aromatic carbocycles. The molecule has 1 saturated heterocycles. The number of ketones is 1. The molecule has 6 heterocycles. The highest BCUT2D eigenvalue weighted by Crippen LogP contribution is 2.43. The summed E-state index contributed by atoms with van der Waals surface area (Å²) in [5.74, 6) is 0.233. The molecule has 468 valence electrons. The first-order valence-corrected chi connectivity index (χ1v) is 31.5. The second kappa shape index (κ2) is 28.5. The maximum absolute atomic E-state index is 14.2. The van der Waals surface area contributed by atoms with E-state index in [0.717, 1.165) is 46.8 Å². The predicted molar refractivity (Wildman–Crippen MR) is 342 cm³/mol. The number of ether oxygens (including phenoxy) is 4. The number of benzene rings is 4. The molecule has 19 heteroatoms. The quantitative estimate of drug-likeness (QED) is 0.0421. The Labute approximate surface area is 521 Å². The van der Waals surface area contributed by atoms with E-state index < -0.39 is 18.0 Å². The van der Waals surface area contributed by atoms with Gasteiger partial charge in [0.05, 0.1) is 68.1 Å². The summed E-state index contributed by atoms with van der Waals surface area (Å²) in [6.07, 6.45) is 18.8. The number of hydrogen-bond donors (Lipinski definition) is 2. The Bertz CT molecular complexity index is 3470. The molecule has 0 spiro atoms. The summed E-state index contributed by atoms with van der Waals surface area (Å²) in [7, 11) is 3.07. The third-order valence-electron chi connectivity index (χ3n) is 17.8. The van der Waals surface area contributed by atoms with Gasteiger partial charge in [0.15, 0.2) is 28.8 Å². The molecule has 0 aromatic heterocycles. The summed E-state index contributed by atoms with van der Waals surface area (Å²) in [4.78, 5) is 108. The van der Waals surface area contributed by atoms with Gasteiger partial charge >= 0.3 is 0 Å². The lowest BCUT2D eigenvalue weighted by Gasteiger charge is -2.33. The number of hydrogen-bond acceptors (Lipinski definition) is 14. The summed E-state index contributed by atoms with van der Waals surface area (Å²) in [6, 6.07) is 21.4. The van der Waals surface area contributed by atoms with Crippen molar-refractivity contribution in [3.63, 3.8) is 0 Å². The zero-order valence-corrected chi connectivity index (χ0v) is 52.1. The number of anilines is 1. The number of amides is 6. The normalized spacial score (nSPS) is 18.8. The molecule has 0 aliphatic carbocycles. The van der Waals surface area contributed by atoms with Gasteiger partial charge in [-0.2, -0.15) is 0 Å². The van der Waals surface area contributed by atoms with Crippen LogP contribution in [0.1, 0.15) is 155 Å². The Morgan fingerprint density at radius 3 is 1.71 bits per heavy atom. The lowest BCUT2D eigenvalue weighted by molar-refractivity contribution is -0.137. The number of imide groups is 1. The van der Waals surface area contributed by atoms with Gasteiger partial charge in [0.1, 0.15) is 6.04 Å². The van der Waals surface area contributed by atoms with Crippen molar-refractivity contribution in [2.45, 2.75) is 142 Å². The highest BCUT2D eigenvalue weighted by atomic mass is 16.5. The number of carbonyl (C=O) groups excluding carboxylic acids is 7. The predicted octanol–water partition coefficient (Wildman–Crippen LogP) is 10.7. The Balaban J connectivity index is 0.677. The van der Waals surface area contributed by atoms with Gasteiger partial charge in [0.2, 0.25) is 11.8 Å². The van der Waals surface area contributed by atoms with Gasteiger partial charge in [-0.15, -0.1) is 0 Å². The highest BCUT2D eigenvalue weighted by Gasteiger charge is 2.36. The fourth-order valence-corrected chi connectivity index (χ4v) is 12.5. The van der Waals surface area contributed by atoms with E-state index in [9.17, 15) is 33.6 Å². The number of piperidine rings is 1. The third-order valence-corrected chi connectivity index (χ3v) is 17.8. The molecule has 10 rings (SSSR count). The van der Waals surface area contributed by atoms with E-state index >= 15 is 0 Å². The number of unbranched alkanes of at least 4 members (excludes halogenated alkanes) is 2. The van der Waals surface area contributed by atoms with Gasteiger partial charge in [0, 0.05) is 107 Å². The van der Waals surface area contributed by atoms with Crippen molar-refractivity contribution in [3.05, 3.63) is 125 Å². The summed E-state index contributed by atoms with van der Waals surface area (Å²) < 4.78 is 23.9. The van der Waals surface area contributed by atoms with E-state index in [2.05, 4.69) is 46.7 Å². The first kappa shape index (κ1) is 63.2. The average Bonchev–Trinajstić information content (AvgIpc) is 1.71. The van der Waals surface area contributed by atoms with Crippen LogP contribution >= 0.6 is 0 Å². The van der Waals surface area contributed by atoms with Crippen LogP contribution in [0.25, 0.3) is 11.1 Å². The largest absolute Gasteiger partial charge is 0.493 e.